The Hall–Kier alpha value is -0.360. The van der Waals surface area contributed by atoms with E-state index in [2.05, 4.69) is 14.5 Å². The fraction of sp³-hybridized carbons (Fsp3) is 1.00. The van der Waals surface area contributed by atoms with E-state index < -0.39 is 6.48 Å². The summed E-state index contributed by atoms with van der Waals surface area (Å²) >= 11 is 0. The third-order valence-corrected chi connectivity index (χ3v) is 0.500. The highest BCUT2D eigenvalue weighted by Crippen LogP contribution is 1.77. The molecule has 0 heterocycles. The van der Waals surface area contributed by atoms with E-state index in [-0.39, 0.29) is 16.9 Å². The van der Waals surface area contributed by atoms with E-state index in [1.807, 2.05) is 0 Å². The Labute approximate surface area is 54.8 Å². The molecule has 62 valence electrons. The molecule has 0 aromatic carbocycles. The Morgan fingerprint density at radius 2 is 1.10 bits per heavy atom. The van der Waals surface area contributed by atoms with Gasteiger partial charge < -0.3 is 15.6 Å². The van der Waals surface area contributed by atoms with Gasteiger partial charge in [0.05, 0.1) is 0 Å². The smallest absolute Gasteiger partial charge is 0.421 e. The highest BCUT2D eigenvalue weighted by molar-refractivity contribution is 3.97. The maximum Gasteiger partial charge on any atom is 0.421 e. The standard InChI is InChI=1S/CH7N3O6/c5-2-8-1(9-3-6)10-4-7/h1H,2-4H2. The van der Waals surface area contributed by atoms with Gasteiger partial charge in [-0.3, -0.25) is 0 Å². The molecule has 0 aliphatic carbocycles. The van der Waals surface area contributed by atoms with E-state index in [0.717, 1.165) is 0 Å². The topological polar surface area (TPSA) is 147 Å². The second-order valence-corrected chi connectivity index (χ2v) is 0.986. The third-order valence-electron chi connectivity index (χ3n) is 0.500. The molecular formula is CH7N3O6. The molecule has 0 saturated heterocycles. The van der Waals surface area contributed by atoms with Crippen LogP contribution in [-0.2, 0) is 14.5 Å². The van der Waals surface area contributed by atoms with Crippen molar-refractivity contribution >= 4 is 0 Å². The minimum atomic E-state index is -1.58. The van der Waals surface area contributed by atoms with Gasteiger partial charge in [0, 0.05) is 0 Å². The summed E-state index contributed by atoms with van der Waals surface area (Å²) in [4.78, 5) is 11.8. The van der Waals surface area contributed by atoms with Crippen molar-refractivity contribution in [3.63, 3.8) is 0 Å². The van der Waals surface area contributed by atoms with Gasteiger partial charge in [0.25, 0.3) is 0 Å². The lowest BCUT2D eigenvalue weighted by Crippen LogP contribution is -2.88. The molecule has 0 aromatic rings. The minimum absolute atomic E-state index is 0.0162. The summed E-state index contributed by atoms with van der Waals surface area (Å²) in [6.07, 6.45) is 0. The largest absolute Gasteiger partial charge is 0.601 e. The quantitative estimate of drug-likeness (QED) is 0.260. The number of hydrogen-bond donors (Lipinski definition) is 3. The molecule has 0 spiro atoms. The molecule has 0 radical (unpaired) electrons. The van der Waals surface area contributed by atoms with Gasteiger partial charge in [0.1, 0.15) is 0 Å². The zero-order chi connectivity index (χ0) is 7.82. The Bertz CT molecular complexity index is 55.7. The first-order valence-corrected chi connectivity index (χ1v) is 2.12. The normalized spacial score (nSPS) is 10.8. The highest BCUT2D eigenvalue weighted by atomic mass is 17.1. The van der Waals surface area contributed by atoms with Crippen LogP contribution in [0.3, 0.4) is 0 Å². The van der Waals surface area contributed by atoms with Crippen molar-refractivity contribution < 1.29 is 31.4 Å². The lowest BCUT2D eigenvalue weighted by atomic mass is 11.3. The van der Waals surface area contributed by atoms with Gasteiger partial charge in [0.2, 0.25) is 0 Å². The van der Waals surface area contributed by atoms with E-state index in [4.69, 9.17) is 0 Å². The van der Waals surface area contributed by atoms with Crippen LogP contribution in [-0.4, -0.2) is 6.48 Å². The number of hydrogen-bond acceptors (Lipinski definition) is 6. The molecule has 0 amide bonds. The van der Waals surface area contributed by atoms with Crippen LogP contribution in [0.25, 0.3) is 0 Å². The molecule has 0 bridgehead atoms. The van der Waals surface area contributed by atoms with Gasteiger partial charge in [0.15, 0.2) is 0 Å². The van der Waals surface area contributed by atoms with Crippen molar-refractivity contribution in [3.8, 4) is 0 Å². The average Bonchev–Trinajstić information content (AvgIpc) is 1.90. The summed E-state index contributed by atoms with van der Waals surface area (Å²) in [6.45, 7) is -1.58. The molecule has 0 unspecified atom stereocenters. The summed E-state index contributed by atoms with van der Waals surface area (Å²) in [7, 11) is 0. The van der Waals surface area contributed by atoms with E-state index in [0.29, 0.717) is 0 Å². The summed E-state index contributed by atoms with van der Waals surface area (Å²) in [6, 6.07) is 0. The number of rotatable bonds is 6. The van der Waals surface area contributed by atoms with E-state index >= 15 is 0 Å². The van der Waals surface area contributed by atoms with Gasteiger partial charge >= 0.3 is 6.48 Å². The molecule has 0 rings (SSSR count). The fourth-order valence-corrected chi connectivity index (χ4v) is 0.232. The number of nitrogens with two attached hydrogens (primary N) is 3. The SMILES string of the molecule is [O-][NH2+]OC(O[NH2+][O-])O[NH2+][O-]. The summed E-state index contributed by atoms with van der Waals surface area (Å²) < 4.78 is 0. The molecule has 9 heteroatoms. The maximum atomic E-state index is 9.55. The van der Waals surface area contributed by atoms with Crippen LogP contribution in [0, 0.1) is 15.6 Å². The molecule has 10 heavy (non-hydrogen) atoms. The zero-order valence-electron chi connectivity index (χ0n) is 4.76. The van der Waals surface area contributed by atoms with Crippen LogP contribution in [0.2, 0.25) is 0 Å². The molecule has 6 N–H and O–H groups in total. The highest BCUT2D eigenvalue weighted by Gasteiger charge is 2.13. The monoisotopic (exact) mass is 157 g/mol. The van der Waals surface area contributed by atoms with Crippen molar-refractivity contribution in [3.05, 3.63) is 15.6 Å². The van der Waals surface area contributed by atoms with Crippen LogP contribution < -0.4 is 16.9 Å². The van der Waals surface area contributed by atoms with E-state index in [9.17, 15) is 15.6 Å². The van der Waals surface area contributed by atoms with Gasteiger partial charge in [-0.15, -0.1) is 14.5 Å². The van der Waals surface area contributed by atoms with Gasteiger partial charge in [-0.25, -0.2) is 16.9 Å². The first-order chi connectivity index (χ1) is 4.85. The van der Waals surface area contributed by atoms with Crippen LogP contribution in [0.4, 0.5) is 0 Å². The van der Waals surface area contributed by atoms with Crippen LogP contribution in [0.1, 0.15) is 0 Å². The third kappa shape index (κ3) is 4.51. The lowest BCUT2D eigenvalue weighted by molar-refractivity contribution is -1.00. The summed E-state index contributed by atoms with van der Waals surface area (Å²) in [5.74, 6) is 0. The predicted octanol–water partition coefficient (Wildman–Crippen LogP) is -4.75. The van der Waals surface area contributed by atoms with Crippen molar-refractivity contribution in [1.29, 1.82) is 0 Å². The van der Waals surface area contributed by atoms with Crippen molar-refractivity contribution in [2.45, 2.75) is 6.48 Å². The first-order valence-electron chi connectivity index (χ1n) is 2.12. The van der Waals surface area contributed by atoms with Crippen molar-refractivity contribution in [2.24, 2.45) is 0 Å². The van der Waals surface area contributed by atoms with Crippen LogP contribution >= 0.6 is 0 Å². The van der Waals surface area contributed by atoms with Crippen molar-refractivity contribution in [1.82, 2.24) is 0 Å². The Balaban J connectivity index is 3.30. The molecule has 0 fully saturated rings. The molecule has 0 aliphatic rings. The van der Waals surface area contributed by atoms with Crippen molar-refractivity contribution in [2.75, 3.05) is 0 Å². The molecule has 0 saturated carbocycles. The van der Waals surface area contributed by atoms with Gasteiger partial charge in [-0.05, 0) is 0 Å². The van der Waals surface area contributed by atoms with Crippen LogP contribution in [0.15, 0.2) is 0 Å². The minimum Gasteiger partial charge on any atom is -0.601 e. The lowest BCUT2D eigenvalue weighted by Gasteiger charge is -2.12. The summed E-state index contributed by atoms with van der Waals surface area (Å²) in [5.41, 5.74) is -0.0486. The molecule has 0 aromatic heterocycles. The molecule has 0 atom stereocenters. The Morgan fingerprint density at radius 3 is 1.30 bits per heavy atom. The maximum absolute atomic E-state index is 9.55. The second kappa shape index (κ2) is 6.76. The molecule has 0 aliphatic heterocycles. The zero-order valence-corrected chi connectivity index (χ0v) is 4.76. The van der Waals surface area contributed by atoms with Crippen LogP contribution in [0.5, 0.6) is 0 Å². The predicted molar refractivity (Wildman–Crippen MR) is 22.9 cm³/mol. The second-order valence-electron chi connectivity index (χ2n) is 0.986. The fourth-order valence-electron chi connectivity index (χ4n) is 0.232. The molecular weight excluding hydrogens is 150 g/mol. The first kappa shape index (κ1) is 9.64. The molecule has 9 nitrogen and oxygen atoms in total. The average molecular weight is 157 g/mol. The van der Waals surface area contributed by atoms with Gasteiger partial charge in [-0.2, -0.15) is 0 Å². The Morgan fingerprint density at radius 1 is 0.800 bits per heavy atom. The number of quaternary nitrogens is 3. The Kier molecular flexibility index (Phi) is 6.51. The summed E-state index contributed by atoms with van der Waals surface area (Å²) in [5, 5.41) is 28.7. The van der Waals surface area contributed by atoms with Gasteiger partial charge in [-0.1, -0.05) is 0 Å². The van der Waals surface area contributed by atoms with E-state index in [1.165, 1.54) is 0 Å². The van der Waals surface area contributed by atoms with E-state index in [1.54, 1.807) is 0 Å².